The molecule has 5 rings (SSSR count). The molecule has 1 aromatic heterocycles. The summed E-state index contributed by atoms with van der Waals surface area (Å²) in [6, 6.07) is 14.6. The van der Waals surface area contributed by atoms with Crippen LogP contribution in [-0.4, -0.2) is 71.5 Å². The molecule has 11 heteroatoms. The number of halogens is 3. The molecule has 2 aliphatic rings. The molecule has 35 heavy (non-hydrogen) atoms. The molecule has 0 saturated carbocycles. The molecular weight excluding hydrogens is 480 g/mol. The lowest BCUT2D eigenvalue weighted by molar-refractivity contribution is -0.0738. The van der Waals surface area contributed by atoms with Crippen LogP contribution < -0.4 is 4.90 Å². The van der Waals surface area contributed by atoms with Gasteiger partial charge in [0.25, 0.3) is 5.89 Å². The van der Waals surface area contributed by atoms with E-state index in [2.05, 4.69) is 15.1 Å². The van der Waals surface area contributed by atoms with Gasteiger partial charge in [0.15, 0.2) is 0 Å². The summed E-state index contributed by atoms with van der Waals surface area (Å²) in [5, 5.41) is 7.63. The average Bonchev–Trinajstić information content (AvgIpc) is 3.34. The van der Waals surface area contributed by atoms with Crippen molar-refractivity contribution in [3.8, 4) is 11.5 Å². The molecule has 184 valence electrons. The van der Waals surface area contributed by atoms with Crippen molar-refractivity contribution >= 4 is 23.3 Å². The van der Waals surface area contributed by atoms with Gasteiger partial charge in [-0.1, -0.05) is 23.7 Å². The van der Waals surface area contributed by atoms with Gasteiger partial charge >= 0.3 is 12.5 Å². The van der Waals surface area contributed by atoms with Gasteiger partial charge in [-0.3, -0.25) is 9.80 Å². The first-order valence-electron chi connectivity index (χ1n) is 11.3. The zero-order chi connectivity index (χ0) is 24.4. The molecule has 0 spiro atoms. The van der Waals surface area contributed by atoms with Gasteiger partial charge < -0.3 is 14.1 Å². The third-order valence-corrected chi connectivity index (χ3v) is 6.51. The number of hydrogen-bond donors (Lipinski definition) is 0. The Labute approximate surface area is 206 Å². The average molecular weight is 504 g/mol. The van der Waals surface area contributed by atoms with E-state index in [1.165, 1.54) is 0 Å². The minimum absolute atomic E-state index is 0.0206. The zero-order valence-corrected chi connectivity index (χ0v) is 19.6. The van der Waals surface area contributed by atoms with Crippen molar-refractivity contribution < 1.29 is 22.7 Å². The number of anilines is 1. The summed E-state index contributed by atoms with van der Waals surface area (Å²) >= 11 is 6.07. The molecule has 3 heterocycles. The summed E-state index contributed by atoms with van der Waals surface area (Å²) in [5.41, 5.74) is 2.11. The lowest BCUT2D eigenvalue weighted by atomic mass is 10.1. The first kappa shape index (κ1) is 23.7. The van der Waals surface area contributed by atoms with Gasteiger partial charge in [0.05, 0.1) is 25.8 Å². The number of hydrogen-bond acceptors (Lipinski definition) is 6. The molecule has 2 amide bonds. The standard InChI is InChI=1S/C24H24ClF2N5O3/c25-18-5-7-19(8-6-18)32(24(33)31-11-9-30(10-12-31)20-14-34-15-20)13-16-1-3-17(4-2-16)22-28-29-23(35-22)21(26)27/h1-8,20-21H,9-15H2. The quantitative estimate of drug-likeness (QED) is 0.494. The molecule has 0 aliphatic carbocycles. The molecule has 0 bridgehead atoms. The van der Waals surface area contributed by atoms with Crippen molar-refractivity contribution in [2.24, 2.45) is 0 Å². The monoisotopic (exact) mass is 503 g/mol. The summed E-state index contributed by atoms with van der Waals surface area (Å²) in [7, 11) is 0. The Balaban J connectivity index is 1.31. The van der Waals surface area contributed by atoms with Crippen molar-refractivity contribution in [3.63, 3.8) is 0 Å². The van der Waals surface area contributed by atoms with Crippen LogP contribution >= 0.6 is 11.6 Å². The Hall–Kier alpha value is -3.08. The molecule has 2 aromatic carbocycles. The van der Waals surface area contributed by atoms with E-state index >= 15 is 0 Å². The second kappa shape index (κ2) is 10.3. The molecule has 2 fully saturated rings. The van der Waals surface area contributed by atoms with Crippen LogP contribution in [0.3, 0.4) is 0 Å². The van der Waals surface area contributed by atoms with Crippen LogP contribution in [0.25, 0.3) is 11.5 Å². The van der Waals surface area contributed by atoms with Gasteiger partial charge in [-0.25, -0.2) is 4.79 Å². The highest BCUT2D eigenvalue weighted by atomic mass is 35.5. The molecule has 0 atom stereocenters. The second-order valence-electron chi connectivity index (χ2n) is 8.50. The number of ether oxygens (including phenoxy) is 1. The molecule has 3 aromatic rings. The fourth-order valence-corrected chi connectivity index (χ4v) is 4.27. The van der Waals surface area contributed by atoms with E-state index in [1.54, 1.807) is 29.2 Å². The van der Waals surface area contributed by atoms with E-state index in [1.807, 2.05) is 29.2 Å². The lowest BCUT2D eigenvalue weighted by Gasteiger charge is -2.43. The number of amides is 2. The minimum atomic E-state index is -2.82. The summed E-state index contributed by atoms with van der Waals surface area (Å²) in [4.78, 5) is 19.5. The number of aromatic nitrogens is 2. The minimum Gasteiger partial charge on any atom is -0.415 e. The predicted molar refractivity (Wildman–Crippen MR) is 125 cm³/mol. The van der Waals surface area contributed by atoms with E-state index in [4.69, 9.17) is 20.8 Å². The Kier molecular flexibility index (Phi) is 6.94. The second-order valence-corrected chi connectivity index (χ2v) is 8.94. The Bertz CT molecular complexity index is 1150. The van der Waals surface area contributed by atoms with Crippen molar-refractivity contribution in [1.82, 2.24) is 20.0 Å². The molecule has 0 radical (unpaired) electrons. The van der Waals surface area contributed by atoms with E-state index in [0.29, 0.717) is 36.3 Å². The Morgan fingerprint density at radius 1 is 1.03 bits per heavy atom. The number of piperazine rings is 1. The van der Waals surface area contributed by atoms with Gasteiger partial charge in [0.1, 0.15) is 0 Å². The fraction of sp³-hybridized carbons (Fsp3) is 0.375. The third kappa shape index (κ3) is 5.29. The maximum absolute atomic E-state index is 13.6. The number of carbonyl (C=O) groups is 1. The maximum atomic E-state index is 13.6. The molecule has 2 aliphatic heterocycles. The third-order valence-electron chi connectivity index (χ3n) is 6.26. The topological polar surface area (TPSA) is 74.9 Å². The molecular formula is C24H24ClF2N5O3. The van der Waals surface area contributed by atoms with E-state index < -0.39 is 12.3 Å². The Morgan fingerprint density at radius 2 is 1.71 bits per heavy atom. The van der Waals surface area contributed by atoms with Gasteiger partial charge in [-0.2, -0.15) is 8.78 Å². The highest BCUT2D eigenvalue weighted by Crippen LogP contribution is 2.26. The SMILES string of the molecule is O=C(N1CCN(C2COC2)CC1)N(Cc1ccc(-c2nnc(C(F)F)o2)cc1)c1ccc(Cl)cc1. The first-order chi connectivity index (χ1) is 17.0. The van der Waals surface area contributed by atoms with Gasteiger partial charge in [0.2, 0.25) is 5.89 Å². The molecule has 8 nitrogen and oxygen atoms in total. The molecule has 0 unspecified atom stereocenters. The van der Waals surface area contributed by atoms with Crippen molar-refractivity contribution in [1.29, 1.82) is 0 Å². The molecule has 2 saturated heterocycles. The number of urea groups is 1. The predicted octanol–water partition coefficient (Wildman–Crippen LogP) is 4.47. The highest BCUT2D eigenvalue weighted by molar-refractivity contribution is 6.30. The summed E-state index contributed by atoms with van der Waals surface area (Å²) in [5.74, 6) is -0.694. The van der Waals surface area contributed by atoms with Crippen molar-refractivity contribution in [2.75, 3.05) is 44.3 Å². The largest absolute Gasteiger partial charge is 0.415 e. The fourth-order valence-electron chi connectivity index (χ4n) is 4.15. The van der Waals surface area contributed by atoms with Crippen LogP contribution in [0.2, 0.25) is 5.02 Å². The van der Waals surface area contributed by atoms with Crippen molar-refractivity contribution in [3.05, 3.63) is 65.0 Å². The van der Waals surface area contributed by atoms with Gasteiger partial charge in [-0.05, 0) is 42.0 Å². The van der Waals surface area contributed by atoms with Crippen LogP contribution in [0.15, 0.2) is 52.9 Å². The smallest absolute Gasteiger partial charge is 0.324 e. The summed E-state index contributed by atoms with van der Waals surface area (Å²) in [6.45, 7) is 4.75. The highest BCUT2D eigenvalue weighted by Gasteiger charge is 2.32. The normalized spacial score (nSPS) is 17.0. The first-order valence-corrected chi connectivity index (χ1v) is 11.7. The Morgan fingerprint density at radius 3 is 2.29 bits per heavy atom. The summed E-state index contributed by atoms with van der Waals surface area (Å²) in [6.07, 6.45) is -2.82. The van der Waals surface area contributed by atoms with Crippen LogP contribution in [0.1, 0.15) is 17.9 Å². The lowest BCUT2D eigenvalue weighted by Crippen LogP contribution is -2.59. The zero-order valence-electron chi connectivity index (χ0n) is 18.8. The summed E-state index contributed by atoms with van der Waals surface area (Å²) < 4.78 is 35.8. The van der Waals surface area contributed by atoms with Crippen LogP contribution in [0.4, 0.5) is 19.3 Å². The number of benzene rings is 2. The van der Waals surface area contributed by atoms with E-state index in [-0.39, 0.29) is 11.9 Å². The number of nitrogens with zero attached hydrogens (tertiary/aromatic N) is 5. The van der Waals surface area contributed by atoms with Crippen molar-refractivity contribution in [2.45, 2.75) is 19.0 Å². The number of rotatable bonds is 6. The van der Waals surface area contributed by atoms with Crippen LogP contribution in [-0.2, 0) is 11.3 Å². The van der Waals surface area contributed by atoms with Crippen LogP contribution in [0.5, 0.6) is 0 Å². The van der Waals surface area contributed by atoms with Gasteiger partial charge in [-0.15, -0.1) is 10.2 Å². The van der Waals surface area contributed by atoms with E-state index in [9.17, 15) is 13.6 Å². The number of alkyl halides is 2. The van der Waals surface area contributed by atoms with Crippen LogP contribution in [0, 0.1) is 0 Å². The van der Waals surface area contributed by atoms with E-state index in [0.717, 1.165) is 37.6 Å². The molecule has 0 N–H and O–H groups in total. The maximum Gasteiger partial charge on any atom is 0.324 e. The number of carbonyl (C=O) groups excluding carboxylic acids is 1. The van der Waals surface area contributed by atoms with Gasteiger partial charge in [0, 0.05) is 42.5 Å².